The predicted molar refractivity (Wildman–Crippen MR) is 53.8 cm³/mol. The number of carboxylic acids is 4. The van der Waals surface area contributed by atoms with Crippen molar-refractivity contribution < 1.29 is 61.8 Å². The summed E-state index contributed by atoms with van der Waals surface area (Å²) >= 11 is 0. The molecule has 0 aromatic heterocycles. The average molecular weight is 322 g/mol. The number of carbonyl (C=O) groups is 4. The van der Waals surface area contributed by atoms with Crippen molar-refractivity contribution in [1.82, 2.24) is 0 Å². The molecule has 0 aliphatic carbocycles. The molecule has 0 aliphatic rings. The summed E-state index contributed by atoms with van der Waals surface area (Å²) in [7, 11) is 0. The van der Waals surface area contributed by atoms with Gasteiger partial charge in [-0.3, -0.25) is 14.4 Å². The van der Waals surface area contributed by atoms with E-state index in [4.69, 9.17) is 25.5 Å². The first-order valence-electron chi connectivity index (χ1n) is 4.36. The van der Waals surface area contributed by atoms with Gasteiger partial charge in [0.2, 0.25) is 0 Å². The number of aliphatic carboxylic acids is 4. The summed E-state index contributed by atoms with van der Waals surface area (Å²) in [6.45, 7) is -0.278. The molecular weight excluding hydrogens is 309 g/mol. The second-order valence-corrected chi connectivity index (χ2v) is 3.08. The molecule has 0 bridgehead atoms. The molecular formula is C8H13MnNO9. The van der Waals surface area contributed by atoms with Gasteiger partial charge >= 0.3 is 23.9 Å². The molecule has 11 heteroatoms. The molecule has 10 nitrogen and oxygen atoms in total. The van der Waals surface area contributed by atoms with Gasteiger partial charge in [-0.05, 0) is 0 Å². The fraction of sp³-hybridized carbons (Fsp3) is 0.500. The summed E-state index contributed by atoms with van der Waals surface area (Å²) in [5.41, 5.74) is 1.83. The summed E-state index contributed by atoms with van der Waals surface area (Å²) in [6, 6.07) is 0. The van der Waals surface area contributed by atoms with Crippen LogP contribution in [0.3, 0.4) is 0 Å². The number of hydrogen-bond donors (Lipinski definition) is 6. The van der Waals surface area contributed by atoms with Crippen LogP contribution in [-0.4, -0.2) is 61.6 Å². The van der Waals surface area contributed by atoms with Gasteiger partial charge < -0.3 is 31.3 Å². The molecule has 0 unspecified atom stereocenters. The van der Waals surface area contributed by atoms with Crippen LogP contribution in [-0.2, 0) is 36.2 Å². The van der Waals surface area contributed by atoms with Crippen LogP contribution in [0.5, 0.6) is 0 Å². The van der Waals surface area contributed by atoms with E-state index in [-0.39, 0.29) is 23.6 Å². The summed E-state index contributed by atoms with van der Waals surface area (Å²) in [5, 5.41) is 41.4. The number of nitrogens with two attached hydrogens (primary N) is 1. The number of aliphatic hydroxyl groups is 1. The molecule has 19 heavy (non-hydrogen) atoms. The molecule has 0 aliphatic heterocycles. The van der Waals surface area contributed by atoms with Gasteiger partial charge in [0, 0.05) is 17.1 Å². The molecule has 0 aromatic rings. The first kappa shape index (κ1) is 22.5. The zero-order valence-corrected chi connectivity index (χ0v) is 10.6. The Balaban J connectivity index is -0.000000366. The topological polar surface area (TPSA) is 195 Å². The summed E-state index contributed by atoms with van der Waals surface area (Å²) < 4.78 is 0. The Labute approximate surface area is 117 Å². The van der Waals surface area contributed by atoms with Crippen LogP contribution in [0.1, 0.15) is 12.8 Å². The minimum Gasteiger partial charge on any atom is -0.481 e. The van der Waals surface area contributed by atoms with E-state index >= 15 is 0 Å². The standard InChI is InChI=1S/C6H8O7.C2H5NO2.Mn/c7-3(8)1-6(13,5(11)12)2-4(9)10;3-1-2(4)5;/h13H,1-2H2,(H,7,8)(H,9,10)(H,11,12);1,3H2,(H,4,5);. The Kier molecular flexibility index (Phi) is 12.1. The third-order valence-electron chi connectivity index (χ3n) is 1.46. The fourth-order valence-corrected chi connectivity index (χ4v) is 0.714. The van der Waals surface area contributed by atoms with Crippen molar-refractivity contribution in [2.75, 3.05) is 6.54 Å². The van der Waals surface area contributed by atoms with Crippen LogP contribution in [0.15, 0.2) is 0 Å². The van der Waals surface area contributed by atoms with Gasteiger partial charge in [0.25, 0.3) is 0 Å². The van der Waals surface area contributed by atoms with E-state index in [1.165, 1.54) is 0 Å². The van der Waals surface area contributed by atoms with Gasteiger partial charge in [-0.1, -0.05) is 0 Å². The number of carboxylic acid groups (broad SMARTS) is 4. The van der Waals surface area contributed by atoms with E-state index in [0.29, 0.717) is 0 Å². The fourth-order valence-electron chi connectivity index (χ4n) is 0.714. The zero-order valence-electron chi connectivity index (χ0n) is 9.45. The minimum atomic E-state index is -2.74. The van der Waals surface area contributed by atoms with Crippen LogP contribution in [0.25, 0.3) is 0 Å². The summed E-state index contributed by atoms with van der Waals surface area (Å²) in [6.07, 6.45) is -2.29. The average Bonchev–Trinajstić information content (AvgIpc) is 2.15. The van der Waals surface area contributed by atoms with E-state index in [2.05, 4.69) is 5.73 Å². The molecule has 0 amide bonds. The number of rotatable bonds is 6. The van der Waals surface area contributed by atoms with E-state index in [1.807, 2.05) is 0 Å². The van der Waals surface area contributed by atoms with Crippen molar-refractivity contribution >= 4 is 23.9 Å². The van der Waals surface area contributed by atoms with Crippen molar-refractivity contribution in [2.45, 2.75) is 18.4 Å². The van der Waals surface area contributed by atoms with Crippen molar-refractivity contribution in [3.8, 4) is 0 Å². The summed E-state index contributed by atoms with van der Waals surface area (Å²) in [4.78, 5) is 39.7. The molecule has 0 rings (SSSR count). The first-order valence-corrected chi connectivity index (χ1v) is 4.36. The molecule has 0 saturated heterocycles. The summed E-state index contributed by atoms with van der Waals surface area (Å²) in [5.74, 6) is -5.99. The largest absolute Gasteiger partial charge is 0.481 e. The van der Waals surface area contributed by atoms with Crippen LogP contribution < -0.4 is 5.73 Å². The van der Waals surface area contributed by atoms with Gasteiger partial charge in [0.1, 0.15) is 0 Å². The molecule has 0 atom stereocenters. The second kappa shape index (κ2) is 10.3. The Morgan fingerprint density at radius 2 is 1.11 bits per heavy atom. The predicted octanol–water partition coefficient (Wildman–Crippen LogP) is -2.22. The third-order valence-corrected chi connectivity index (χ3v) is 1.46. The van der Waals surface area contributed by atoms with Crippen molar-refractivity contribution in [3.63, 3.8) is 0 Å². The van der Waals surface area contributed by atoms with Crippen molar-refractivity contribution in [3.05, 3.63) is 0 Å². The maximum absolute atomic E-state index is 10.3. The molecule has 0 aromatic carbocycles. The SMILES string of the molecule is NCC(=O)O.O=C(O)CC(O)(CC(=O)O)C(=O)O.[Mn]. The van der Waals surface area contributed by atoms with Gasteiger partial charge in [-0.2, -0.15) is 0 Å². The van der Waals surface area contributed by atoms with E-state index < -0.39 is 42.3 Å². The maximum atomic E-state index is 10.3. The van der Waals surface area contributed by atoms with Gasteiger partial charge in [0.15, 0.2) is 5.60 Å². The first-order chi connectivity index (χ1) is 8.05. The third kappa shape index (κ3) is 12.6. The van der Waals surface area contributed by atoms with E-state index in [9.17, 15) is 19.2 Å². The molecule has 0 saturated carbocycles. The van der Waals surface area contributed by atoms with Crippen LogP contribution >= 0.6 is 0 Å². The quantitative estimate of drug-likeness (QED) is 0.291. The van der Waals surface area contributed by atoms with Crippen LogP contribution in [0, 0.1) is 0 Å². The molecule has 0 heterocycles. The van der Waals surface area contributed by atoms with Gasteiger partial charge in [0.05, 0.1) is 19.4 Å². The molecule has 0 spiro atoms. The van der Waals surface area contributed by atoms with E-state index in [1.54, 1.807) is 0 Å². The normalized spacial score (nSPS) is 9.37. The molecule has 111 valence electrons. The monoisotopic (exact) mass is 322 g/mol. The smallest absolute Gasteiger partial charge is 0.336 e. The Hall–Kier alpha value is -1.68. The second-order valence-electron chi connectivity index (χ2n) is 3.08. The van der Waals surface area contributed by atoms with Crippen molar-refractivity contribution in [2.24, 2.45) is 5.73 Å². The Morgan fingerprint density at radius 3 is 1.21 bits per heavy atom. The Bertz CT molecular complexity index is 327. The maximum Gasteiger partial charge on any atom is 0.336 e. The van der Waals surface area contributed by atoms with E-state index in [0.717, 1.165) is 0 Å². The molecule has 0 fully saturated rings. The van der Waals surface area contributed by atoms with Crippen LogP contribution in [0.4, 0.5) is 0 Å². The Morgan fingerprint density at radius 1 is 0.842 bits per heavy atom. The van der Waals surface area contributed by atoms with Crippen LogP contribution in [0.2, 0.25) is 0 Å². The molecule has 7 N–H and O–H groups in total. The van der Waals surface area contributed by atoms with Gasteiger partial charge in [-0.15, -0.1) is 0 Å². The number of hydrogen-bond acceptors (Lipinski definition) is 6. The van der Waals surface area contributed by atoms with Gasteiger partial charge in [-0.25, -0.2) is 4.79 Å². The zero-order chi connectivity index (χ0) is 14.9. The minimum absolute atomic E-state index is 0. The molecule has 1 radical (unpaired) electrons. The van der Waals surface area contributed by atoms with Crippen molar-refractivity contribution in [1.29, 1.82) is 0 Å².